The van der Waals surface area contributed by atoms with Gasteiger partial charge in [0.2, 0.25) is 5.91 Å². The van der Waals surface area contributed by atoms with Crippen LogP contribution in [0.15, 0.2) is 9.59 Å². The van der Waals surface area contributed by atoms with E-state index in [9.17, 15) is 19.2 Å². The highest BCUT2D eigenvalue weighted by Crippen LogP contribution is 2.26. The van der Waals surface area contributed by atoms with Gasteiger partial charge in [0.15, 0.2) is 0 Å². The third-order valence-corrected chi connectivity index (χ3v) is 4.72. The summed E-state index contributed by atoms with van der Waals surface area (Å²) in [5.74, 6) is -0.853. The number of aromatic nitrogens is 2. The Labute approximate surface area is 163 Å². The summed E-state index contributed by atoms with van der Waals surface area (Å²) in [7, 11) is 2.75. The minimum atomic E-state index is -0.659. The van der Waals surface area contributed by atoms with E-state index in [1.165, 1.54) is 14.1 Å². The summed E-state index contributed by atoms with van der Waals surface area (Å²) in [4.78, 5) is 48.8. The Balaban J connectivity index is 2.08. The second kappa shape index (κ2) is 8.07. The van der Waals surface area contributed by atoms with E-state index >= 15 is 0 Å². The average molecular weight is 395 g/mol. The number of nitrogen functional groups attached to an aromatic ring is 1. The van der Waals surface area contributed by atoms with E-state index in [0.717, 1.165) is 22.0 Å². The fourth-order valence-electron chi connectivity index (χ4n) is 3.24. The van der Waals surface area contributed by atoms with Crippen LogP contribution in [0.5, 0.6) is 0 Å². The first kappa shape index (κ1) is 21.5. The number of ether oxygens (including phenoxy) is 1. The molecule has 1 heterocycles. The molecule has 28 heavy (non-hydrogen) atoms. The molecule has 0 aromatic carbocycles. The van der Waals surface area contributed by atoms with Gasteiger partial charge in [-0.05, 0) is 40.0 Å². The molecule has 0 aliphatic heterocycles. The fourth-order valence-corrected chi connectivity index (χ4v) is 3.24. The second-order valence-electron chi connectivity index (χ2n) is 8.16. The zero-order chi connectivity index (χ0) is 21.2. The lowest BCUT2D eigenvalue weighted by Crippen LogP contribution is -2.44. The van der Waals surface area contributed by atoms with Gasteiger partial charge in [-0.3, -0.25) is 18.7 Å². The predicted molar refractivity (Wildman–Crippen MR) is 105 cm³/mol. The van der Waals surface area contributed by atoms with Crippen LogP contribution in [0, 0.1) is 5.92 Å². The zero-order valence-electron chi connectivity index (χ0n) is 17.0. The number of rotatable bonds is 3. The van der Waals surface area contributed by atoms with Gasteiger partial charge in [0.1, 0.15) is 17.1 Å². The van der Waals surface area contributed by atoms with E-state index < -0.39 is 28.9 Å². The Kier molecular flexibility index (Phi) is 6.20. The summed E-state index contributed by atoms with van der Waals surface area (Å²) < 4.78 is 7.25. The zero-order valence-corrected chi connectivity index (χ0v) is 17.0. The number of amides is 2. The number of alkyl carbamates (subject to hydrolysis) is 1. The smallest absolute Gasteiger partial charge is 0.407 e. The first-order valence-electron chi connectivity index (χ1n) is 9.26. The molecule has 2 atom stereocenters. The molecule has 0 unspecified atom stereocenters. The molecule has 10 heteroatoms. The molecule has 0 spiro atoms. The summed E-state index contributed by atoms with van der Waals surface area (Å²) in [6, 6.07) is -0.195. The van der Waals surface area contributed by atoms with Crippen LogP contribution in [0.3, 0.4) is 0 Å². The van der Waals surface area contributed by atoms with Crippen molar-refractivity contribution < 1.29 is 14.3 Å². The van der Waals surface area contributed by atoms with Crippen molar-refractivity contribution in [2.75, 3.05) is 11.1 Å². The summed E-state index contributed by atoms with van der Waals surface area (Å²) in [6.45, 7) is 5.34. The number of nitrogens with one attached hydrogen (secondary N) is 2. The van der Waals surface area contributed by atoms with Crippen molar-refractivity contribution in [2.24, 2.45) is 20.0 Å². The number of hydrogen-bond donors (Lipinski definition) is 3. The molecule has 1 aromatic heterocycles. The molecule has 0 radical (unpaired) electrons. The van der Waals surface area contributed by atoms with E-state index in [4.69, 9.17) is 10.5 Å². The molecule has 1 aliphatic rings. The summed E-state index contributed by atoms with van der Waals surface area (Å²) in [5, 5.41) is 5.36. The van der Waals surface area contributed by atoms with Gasteiger partial charge < -0.3 is 21.1 Å². The number of hydrogen-bond acceptors (Lipinski definition) is 6. The van der Waals surface area contributed by atoms with Crippen LogP contribution in [0.2, 0.25) is 0 Å². The molecule has 0 bridgehead atoms. The lowest BCUT2D eigenvalue weighted by atomic mass is 9.85. The summed E-state index contributed by atoms with van der Waals surface area (Å²) in [5.41, 5.74) is 3.90. The average Bonchev–Trinajstić information content (AvgIpc) is 2.60. The van der Waals surface area contributed by atoms with Gasteiger partial charge in [0.05, 0.1) is 0 Å². The van der Waals surface area contributed by atoms with Gasteiger partial charge in [0, 0.05) is 26.1 Å². The molecular weight excluding hydrogens is 366 g/mol. The molecule has 1 aromatic rings. The minimum absolute atomic E-state index is 0.0966. The van der Waals surface area contributed by atoms with E-state index in [-0.39, 0.29) is 23.5 Å². The first-order valence-corrected chi connectivity index (χ1v) is 9.26. The standard InChI is InChI=1S/C18H29N5O5/c1-18(2,3)28-16(26)20-11-8-6-7-10(9-11)14(24)21-12-13(19)22(4)17(27)23(5)15(12)25/h10-11H,6-9,19H2,1-5H3,(H,20,26)(H,21,24)/t10-,11+/m0/s1. The Hall–Kier alpha value is -2.78. The lowest BCUT2D eigenvalue weighted by Gasteiger charge is -2.30. The third kappa shape index (κ3) is 4.93. The van der Waals surface area contributed by atoms with Gasteiger partial charge in [-0.15, -0.1) is 0 Å². The van der Waals surface area contributed by atoms with Crippen molar-refractivity contribution in [3.8, 4) is 0 Å². The van der Waals surface area contributed by atoms with Crippen molar-refractivity contribution in [3.05, 3.63) is 20.8 Å². The highest BCUT2D eigenvalue weighted by atomic mass is 16.6. The van der Waals surface area contributed by atoms with Crippen LogP contribution in [-0.4, -0.2) is 32.8 Å². The highest BCUT2D eigenvalue weighted by Gasteiger charge is 2.30. The molecule has 1 saturated carbocycles. The molecule has 2 rings (SSSR count). The molecule has 1 aliphatic carbocycles. The molecular formula is C18H29N5O5. The van der Waals surface area contributed by atoms with Crippen molar-refractivity contribution in [3.63, 3.8) is 0 Å². The topological polar surface area (TPSA) is 137 Å². The number of nitrogens with zero attached hydrogens (tertiary/aromatic N) is 2. The predicted octanol–water partition coefficient (Wildman–Crippen LogP) is 0.688. The van der Waals surface area contributed by atoms with Gasteiger partial charge in [-0.2, -0.15) is 0 Å². The maximum absolute atomic E-state index is 12.7. The van der Waals surface area contributed by atoms with E-state index in [2.05, 4.69) is 10.6 Å². The number of carbonyl (C=O) groups is 2. The van der Waals surface area contributed by atoms with Crippen molar-refractivity contribution in [1.29, 1.82) is 0 Å². The van der Waals surface area contributed by atoms with Gasteiger partial charge >= 0.3 is 11.8 Å². The van der Waals surface area contributed by atoms with Crippen molar-refractivity contribution in [1.82, 2.24) is 14.5 Å². The Morgan fingerprint density at radius 2 is 1.79 bits per heavy atom. The van der Waals surface area contributed by atoms with E-state index in [1.54, 1.807) is 20.8 Å². The summed E-state index contributed by atoms with van der Waals surface area (Å²) >= 11 is 0. The van der Waals surface area contributed by atoms with Crippen LogP contribution >= 0.6 is 0 Å². The van der Waals surface area contributed by atoms with E-state index in [1.807, 2.05) is 0 Å². The van der Waals surface area contributed by atoms with Crippen molar-refractivity contribution >= 4 is 23.5 Å². The van der Waals surface area contributed by atoms with Crippen molar-refractivity contribution in [2.45, 2.75) is 58.1 Å². The third-order valence-electron chi connectivity index (χ3n) is 4.72. The highest BCUT2D eigenvalue weighted by molar-refractivity contribution is 5.94. The number of nitrogens with two attached hydrogens (primary N) is 1. The normalized spacial score (nSPS) is 19.8. The maximum Gasteiger partial charge on any atom is 0.407 e. The molecule has 1 fully saturated rings. The first-order chi connectivity index (χ1) is 12.9. The molecule has 4 N–H and O–H groups in total. The molecule has 0 saturated heterocycles. The quantitative estimate of drug-likeness (QED) is 0.688. The van der Waals surface area contributed by atoms with Gasteiger partial charge in [0.25, 0.3) is 5.56 Å². The fraction of sp³-hybridized carbons (Fsp3) is 0.667. The molecule has 156 valence electrons. The van der Waals surface area contributed by atoms with Crippen LogP contribution in [0.4, 0.5) is 16.3 Å². The monoisotopic (exact) mass is 395 g/mol. The Morgan fingerprint density at radius 3 is 2.39 bits per heavy atom. The number of carbonyl (C=O) groups excluding carboxylic acids is 2. The van der Waals surface area contributed by atoms with Gasteiger partial charge in [-0.1, -0.05) is 6.42 Å². The van der Waals surface area contributed by atoms with Crippen LogP contribution in [0.25, 0.3) is 0 Å². The Bertz CT molecular complexity index is 880. The van der Waals surface area contributed by atoms with Gasteiger partial charge in [-0.25, -0.2) is 9.59 Å². The lowest BCUT2D eigenvalue weighted by molar-refractivity contribution is -0.121. The minimum Gasteiger partial charge on any atom is -0.444 e. The van der Waals surface area contributed by atoms with Crippen LogP contribution in [-0.2, 0) is 23.6 Å². The molecule has 10 nitrogen and oxygen atoms in total. The van der Waals surface area contributed by atoms with Crippen LogP contribution < -0.4 is 27.6 Å². The maximum atomic E-state index is 12.7. The largest absolute Gasteiger partial charge is 0.444 e. The molecule has 2 amide bonds. The second-order valence-corrected chi connectivity index (χ2v) is 8.16. The van der Waals surface area contributed by atoms with Crippen LogP contribution in [0.1, 0.15) is 46.5 Å². The number of anilines is 2. The Morgan fingerprint density at radius 1 is 1.14 bits per heavy atom. The summed E-state index contributed by atoms with van der Waals surface area (Å²) in [6.07, 6.45) is 2.03. The SMILES string of the molecule is Cn1c(N)c(NC(=O)[C@H]2CCC[C@@H](NC(=O)OC(C)(C)C)C2)c(=O)n(C)c1=O. The van der Waals surface area contributed by atoms with E-state index in [0.29, 0.717) is 12.8 Å².